The fourth-order valence-corrected chi connectivity index (χ4v) is 3.64. The fourth-order valence-electron chi connectivity index (χ4n) is 2.53. The highest BCUT2D eigenvalue weighted by Gasteiger charge is 2.38. The summed E-state index contributed by atoms with van der Waals surface area (Å²) in [6.07, 6.45) is 3.46. The summed E-state index contributed by atoms with van der Waals surface area (Å²) in [5, 5.41) is 0.201. The van der Waals surface area contributed by atoms with Gasteiger partial charge < -0.3 is 9.16 Å². The van der Waals surface area contributed by atoms with Crippen molar-refractivity contribution >= 4 is 14.3 Å². The van der Waals surface area contributed by atoms with Crippen LogP contribution in [0.15, 0.2) is 11.6 Å². The van der Waals surface area contributed by atoms with Gasteiger partial charge in [-0.2, -0.15) is 0 Å². The molecule has 0 aliphatic carbocycles. The van der Waals surface area contributed by atoms with Gasteiger partial charge in [-0.3, -0.25) is 4.79 Å². The molecular weight excluding hydrogens is 292 g/mol. The summed E-state index contributed by atoms with van der Waals surface area (Å²) in [6.45, 7) is 18.3. The Morgan fingerprint density at radius 3 is 2.50 bits per heavy atom. The van der Waals surface area contributed by atoms with Crippen LogP contribution in [0.1, 0.15) is 54.4 Å². The zero-order valence-corrected chi connectivity index (χ0v) is 16.7. The van der Waals surface area contributed by atoms with Crippen LogP contribution in [0.2, 0.25) is 18.1 Å². The first-order valence-electron chi connectivity index (χ1n) is 8.45. The van der Waals surface area contributed by atoms with Crippen LogP contribution in [-0.4, -0.2) is 27.0 Å². The number of carbonyl (C=O) groups excluding carboxylic acids is 1. The van der Waals surface area contributed by atoms with E-state index in [1.54, 1.807) is 0 Å². The van der Waals surface area contributed by atoms with Crippen molar-refractivity contribution < 1.29 is 14.0 Å². The van der Waals surface area contributed by atoms with Gasteiger partial charge in [0.1, 0.15) is 6.10 Å². The Morgan fingerprint density at radius 1 is 1.36 bits per heavy atom. The van der Waals surface area contributed by atoms with Crippen LogP contribution in [0.25, 0.3) is 0 Å². The molecule has 0 N–H and O–H groups in total. The third-order valence-corrected chi connectivity index (χ3v) is 9.63. The molecule has 0 aromatic heterocycles. The molecule has 22 heavy (non-hydrogen) atoms. The third-order valence-electron chi connectivity index (χ3n) is 5.13. The Labute approximate surface area is 137 Å². The predicted octanol–water partition coefficient (Wildman–Crippen LogP) is 4.93. The molecule has 0 unspecified atom stereocenters. The van der Waals surface area contributed by atoms with Gasteiger partial charge in [-0.1, -0.05) is 46.3 Å². The van der Waals surface area contributed by atoms with E-state index in [0.717, 1.165) is 6.42 Å². The second-order valence-electron chi connectivity index (χ2n) is 8.38. The second-order valence-corrected chi connectivity index (χ2v) is 13.2. The lowest BCUT2D eigenvalue weighted by Crippen LogP contribution is -2.44. The number of cyclic esters (lactones) is 1. The topological polar surface area (TPSA) is 35.5 Å². The van der Waals surface area contributed by atoms with E-state index in [1.807, 2.05) is 0 Å². The van der Waals surface area contributed by atoms with Gasteiger partial charge in [0, 0.05) is 24.9 Å². The first-order chi connectivity index (χ1) is 9.94. The number of ether oxygens (including phenoxy) is 1. The maximum atomic E-state index is 11.9. The maximum Gasteiger partial charge on any atom is 0.306 e. The number of allylic oxidation sites excluding steroid dienone is 1. The molecule has 1 aliphatic rings. The first kappa shape index (κ1) is 19.4. The lowest BCUT2D eigenvalue weighted by molar-refractivity contribution is -0.154. The van der Waals surface area contributed by atoms with Gasteiger partial charge >= 0.3 is 5.97 Å². The Hall–Kier alpha value is -0.613. The summed E-state index contributed by atoms with van der Waals surface area (Å²) in [5.74, 6) is 0.362. The molecule has 0 bridgehead atoms. The Morgan fingerprint density at radius 2 is 1.95 bits per heavy atom. The molecule has 0 aromatic carbocycles. The van der Waals surface area contributed by atoms with Crippen LogP contribution < -0.4 is 0 Å². The minimum absolute atomic E-state index is 0.0801. The van der Waals surface area contributed by atoms with Gasteiger partial charge in [-0.15, -0.1) is 0 Å². The van der Waals surface area contributed by atoms with E-state index in [-0.39, 0.29) is 28.9 Å². The van der Waals surface area contributed by atoms with Crippen molar-refractivity contribution in [2.45, 2.75) is 78.6 Å². The fraction of sp³-hybridized carbons (Fsp3) is 0.833. The molecule has 128 valence electrons. The van der Waals surface area contributed by atoms with Crippen molar-refractivity contribution in [3.63, 3.8) is 0 Å². The van der Waals surface area contributed by atoms with Crippen LogP contribution in [0.4, 0.5) is 0 Å². The van der Waals surface area contributed by atoms with Crippen molar-refractivity contribution in [2.75, 3.05) is 6.61 Å². The molecule has 0 amide bonds. The minimum atomic E-state index is -1.76. The standard InChI is InChI=1S/C18H34O3Si/c1-13-9-10-16(19)21-17(14(2)11-13)15(3)12-20-22(7,8)18(4,5)6/h11,14-15,17H,9-10,12H2,1-8H3/b13-11-/t14-,15-,17+/m1/s1. The Bertz CT molecular complexity index is 421. The van der Waals surface area contributed by atoms with Gasteiger partial charge in [0.25, 0.3) is 0 Å². The van der Waals surface area contributed by atoms with E-state index in [9.17, 15) is 4.79 Å². The second kappa shape index (κ2) is 7.31. The maximum absolute atomic E-state index is 11.9. The van der Waals surface area contributed by atoms with Crippen molar-refractivity contribution in [3.05, 3.63) is 11.6 Å². The van der Waals surface area contributed by atoms with Gasteiger partial charge in [-0.05, 0) is 31.5 Å². The quantitative estimate of drug-likeness (QED) is 0.417. The van der Waals surface area contributed by atoms with Gasteiger partial charge in [0.05, 0.1) is 0 Å². The first-order valence-corrected chi connectivity index (χ1v) is 11.4. The Kier molecular flexibility index (Phi) is 6.45. The van der Waals surface area contributed by atoms with E-state index in [0.29, 0.717) is 13.0 Å². The average molecular weight is 327 g/mol. The summed E-state index contributed by atoms with van der Waals surface area (Å²) in [6, 6.07) is 0. The summed E-state index contributed by atoms with van der Waals surface area (Å²) >= 11 is 0. The smallest absolute Gasteiger partial charge is 0.306 e. The number of hydrogen-bond donors (Lipinski definition) is 0. The molecule has 0 aromatic rings. The molecular formula is C18H34O3Si. The highest BCUT2D eigenvalue weighted by Crippen LogP contribution is 2.37. The molecule has 0 radical (unpaired) electrons. The highest BCUT2D eigenvalue weighted by atomic mass is 28.4. The third kappa shape index (κ3) is 5.23. The minimum Gasteiger partial charge on any atom is -0.461 e. The van der Waals surface area contributed by atoms with Crippen LogP contribution in [0, 0.1) is 11.8 Å². The molecule has 3 nitrogen and oxygen atoms in total. The van der Waals surface area contributed by atoms with Crippen LogP contribution in [-0.2, 0) is 14.0 Å². The van der Waals surface area contributed by atoms with E-state index in [4.69, 9.17) is 9.16 Å². The lowest BCUT2D eigenvalue weighted by atomic mass is 9.90. The number of esters is 1. The zero-order valence-electron chi connectivity index (χ0n) is 15.7. The lowest BCUT2D eigenvalue weighted by Gasteiger charge is -2.38. The molecule has 1 rings (SSSR count). The highest BCUT2D eigenvalue weighted by molar-refractivity contribution is 6.74. The monoisotopic (exact) mass is 326 g/mol. The van der Waals surface area contributed by atoms with Crippen LogP contribution in [0.5, 0.6) is 0 Å². The van der Waals surface area contributed by atoms with Gasteiger partial charge in [0.15, 0.2) is 8.32 Å². The van der Waals surface area contributed by atoms with Crippen LogP contribution in [0.3, 0.4) is 0 Å². The van der Waals surface area contributed by atoms with E-state index < -0.39 is 8.32 Å². The molecule has 0 fully saturated rings. The summed E-state index contributed by atoms with van der Waals surface area (Å²) < 4.78 is 12.0. The molecule has 1 aliphatic heterocycles. The summed E-state index contributed by atoms with van der Waals surface area (Å²) in [5.41, 5.74) is 1.28. The van der Waals surface area contributed by atoms with E-state index in [1.165, 1.54) is 5.57 Å². The molecule has 0 saturated carbocycles. The van der Waals surface area contributed by atoms with Gasteiger partial charge in [-0.25, -0.2) is 0 Å². The molecule has 0 spiro atoms. The number of carbonyl (C=O) groups is 1. The van der Waals surface area contributed by atoms with Crippen molar-refractivity contribution in [3.8, 4) is 0 Å². The normalized spacial score (nSPS) is 28.2. The molecule has 0 saturated heterocycles. The van der Waals surface area contributed by atoms with E-state index in [2.05, 4.69) is 60.7 Å². The van der Waals surface area contributed by atoms with Crippen molar-refractivity contribution in [1.82, 2.24) is 0 Å². The molecule has 3 atom stereocenters. The number of hydrogen-bond acceptors (Lipinski definition) is 3. The molecule has 1 heterocycles. The van der Waals surface area contributed by atoms with Crippen molar-refractivity contribution in [1.29, 1.82) is 0 Å². The van der Waals surface area contributed by atoms with Crippen molar-refractivity contribution in [2.24, 2.45) is 11.8 Å². The Balaban J connectivity index is 2.75. The number of rotatable bonds is 4. The summed E-state index contributed by atoms with van der Waals surface area (Å²) in [7, 11) is -1.76. The summed E-state index contributed by atoms with van der Waals surface area (Å²) in [4.78, 5) is 11.9. The van der Waals surface area contributed by atoms with Crippen LogP contribution >= 0.6 is 0 Å². The van der Waals surface area contributed by atoms with E-state index >= 15 is 0 Å². The predicted molar refractivity (Wildman–Crippen MR) is 94.3 cm³/mol. The molecule has 4 heteroatoms. The van der Waals surface area contributed by atoms with Gasteiger partial charge in [0.2, 0.25) is 0 Å². The zero-order chi connectivity index (χ0) is 17.1. The largest absolute Gasteiger partial charge is 0.461 e. The average Bonchev–Trinajstić information content (AvgIpc) is 2.37. The SMILES string of the molecule is C/C1=C/[C@@H](C)[C@@H]([C@H](C)CO[Si](C)(C)C(C)(C)C)OC(=O)CC1.